The lowest BCUT2D eigenvalue weighted by atomic mass is 9.99. The molecule has 2 rings (SSSR count). The van der Waals surface area contributed by atoms with Gasteiger partial charge in [0.15, 0.2) is 0 Å². The molecule has 2 N–H and O–H groups in total. The first-order valence-corrected chi connectivity index (χ1v) is 8.15. The van der Waals surface area contributed by atoms with Crippen molar-refractivity contribution in [2.75, 3.05) is 43.0 Å². The average Bonchev–Trinajstić information content (AvgIpc) is 2.54. The number of rotatable bonds is 5. The topological polar surface area (TPSA) is 55.8 Å². The summed E-state index contributed by atoms with van der Waals surface area (Å²) in [5.74, 6) is 0.821. The number of nitrogens with zero attached hydrogens (tertiary/aromatic N) is 2. The largest absolute Gasteiger partial charge is 0.395 e. The summed E-state index contributed by atoms with van der Waals surface area (Å²) in [6, 6.07) is 7.84. The lowest BCUT2D eigenvalue weighted by Crippen LogP contribution is -2.36. The lowest BCUT2D eigenvalue weighted by Gasteiger charge is -2.32. The van der Waals surface area contributed by atoms with Crippen molar-refractivity contribution in [2.24, 2.45) is 5.92 Å². The molecule has 0 aliphatic carbocycles. The number of hydrogen-bond acceptors (Lipinski definition) is 3. The van der Waals surface area contributed by atoms with Crippen LogP contribution in [0.2, 0.25) is 0 Å². The average molecular weight is 305 g/mol. The molecular weight excluding hydrogens is 278 g/mol. The highest BCUT2D eigenvalue weighted by atomic mass is 16.3. The zero-order valence-corrected chi connectivity index (χ0v) is 13.6. The minimum Gasteiger partial charge on any atom is -0.395 e. The zero-order valence-electron chi connectivity index (χ0n) is 13.6. The Hall–Kier alpha value is -1.75. The van der Waals surface area contributed by atoms with E-state index in [1.54, 1.807) is 4.90 Å². The van der Waals surface area contributed by atoms with Crippen molar-refractivity contribution in [3.63, 3.8) is 0 Å². The van der Waals surface area contributed by atoms with Crippen molar-refractivity contribution in [1.82, 2.24) is 4.90 Å². The van der Waals surface area contributed by atoms with Gasteiger partial charge in [0.25, 0.3) is 0 Å². The van der Waals surface area contributed by atoms with Gasteiger partial charge in [0, 0.05) is 37.6 Å². The predicted octanol–water partition coefficient (Wildman–Crippen LogP) is 2.77. The monoisotopic (exact) mass is 305 g/mol. The number of hydrogen-bond donors (Lipinski definition) is 2. The highest BCUT2D eigenvalue weighted by molar-refractivity contribution is 5.89. The Kier molecular flexibility index (Phi) is 6.07. The highest BCUT2D eigenvalue weighted by Crippen LogP contribution is 2.24. The molecule has 1 heterocycles. The second-order valence-electron chi connectivity index (χ2n) is 5.95. The van der Waals surface area contributed by atoms with Gasteiger partial charge in [0.1, 0.15) is 0 Å². The van der Waals surface area contributed by atoms with Crippen molar-refractivity contribution in [3.05, 3.63) is 24.3 Å². The molecule has 0 spiro atoms. The second kappa shape index (κ2) is 8.03. The van der Waals surface area contributed by atoms with Crippen molar-refractivity contribution >= 4 is 17.4 Å². The summed E-state index contributed by atoms with van der Waals surface area (Å²) in [6.45, 7) is 7.33. The van der Waals surface area contributed by atoms with E-state index in [0.717, 1.165) is 24.7 Å². The van der Waals surface area contributed by atoms with Crippen LogP contribution in [0.3, 0.4) is 0 Å². The maximum atomic E-state index is 12.0. The van der Waals surface area contributed by atoms with E-state index >= 15 is 0 Å². The SMILES string of the molecule is CCN(CCO)C(=O)Nc1ccc(N2CCC(C)CC2)cc1. The van der Waals surface area contributed by atoms with E-state index in [1.165, 1.54) is 18.5 Å². The van der Waals surface area contributed by atoms with Crippen LogP contribution < -0.4 is 10.2 Å². The van der Waals surface area contributed by atoms with Crippen LogP contribution >= 0.6 is 0 Å². The Morgan fingerprint density at radius 2 is 1.95 bits per heavy atom. The molecule has 22 heavy (non-hydrogen) atoms. The molecule has 0 unspecified atom stereocenters. The smallest absolute Gasteiger partial charge is 0.321 e. The molecule has 5 heteroatoms. The number of anilines is 2. The van der Waals surface area contributed by atoms with Crippen LogP contribution in [0.5, 0.6) is 0 Å². The van der Waals surface area contributed by atoms with Gasteiger partial charge in [-0.15, -0.1) is 0 Å². The fourth-order valence-corrected chi connectivity index (χ4v) is 2.75. The fraction of sp³-hybridized carbons (Fsp3) is 0.588. The number of benzene rings is 1. The molecule has 1 aromatic carbocycles. The van der Waals surface area contributed by atoms with Gasteiger partial charge in [-0.2, -0.15) is 0 Å². The highest BCUT2D eigenvalue weighted by Gasteiger charge is 2.16. The van der Waals surface area contributed by atoms with E-state index in [4.69, 9.17) is 5.11 Å². The van der Waals surface area contributed by atoms with Crippen LogP contribution in [0.4, 0.5) is 16.2 Å². The van der Waals surface area contributed by atoms with Crippen LogP contribution in [0, 0.1) is 5.92 Å². The Morgan fingerprint density at radius 1 is 1.32 bits per heavy atom. The van der Waals surface area contributed by atoms with Gasteiger partial charge >= 0.3 is 6.03 Å². The van der Waals surface area contributed by atoms with Gasteiger partial charge in [0.05, 0.1) is 6.61 Å². The molecular formula is C17H27N3O2. The first kappa shape index (κ1) is 16.6. The number of aliphatic hydroxyl groups is 1. The molecule has 5 nitrogen and oxygen atoms in total. The minimum atomic E-state index is -0.170. The van der Waals surface area contributed by atoms with E-state index < -0.39 is 0 Å². The number of carbonyl (C=O) groups is 1. The molecule has 0 saturated carbocycles. The van der Waals surface area contributed by atoms with Crippen LogP contribution in [0.15, 0.2) is 24.3 Å². The molecule has 1 aromatic rings. The maximum Gasteiger partial charge on any atom is 0.321 e. The molecule has 1 fully saturated rings. The zero-order chi connectivity index (χ0) is 15.9. The van der Waals surface area contributed by atoms with Crippen LogP contribution in [0.1, 0.15) is 26.7 Å². The summed E-state index contributed by atoms with van der Waals surface area (Å²) in [6.07, 6.45) is 2.48. The van der Waals surface area contributed by atoms with Gasteiger partial charge in [-0.1, -0.05) is 6.92 Å². The summed E-state index contributed by atoms with van der Waals surface area (Å²) in [7, 11) is 0. The van der Waals surface area contributed by atoms with Gasteiger partial charge in [-0.05, 0) is 49.9 Å². The number of carbonyl (C=O) groups excluding carboxylic acids is 1. The number of piperidine rings is 1. The minimum absolute atomic E-state index is 0.0203. The third kappa shape index (κ3) is 4.37. The van der Waals surface area contributed by atoms with Crippen LogP contribution in [-0.4, -0.2) is 48.8 Å². The fourth-order valence-electron chi connectivity index (χ4n) is 2.75. The predicted molar refractivity (Wildman–Crippen MR) is 90.4 cm³/mol. The Morgan fingerprint density at radius 3 is 2.50 bits per heavy atom. The molecule has 122 valence electrons. The standard InChI is InChI=1S/C17H27N3O2/c1-3-19(12-13-21)17(22)18-15-4-6-16(7-5-15)20-10-8-14(2)9-11-20/h4-7,14,21H,3,8-13H2,1-2H3,(H,18,22). The van der Waals surface area contributed by atoms with Crippen molar-refractivity contribution in [3.8, 4) is 0 Å². The molecule has 1 aliphatic heterocycles. The van der Waals surface area contributed by atoms with Gasteiger partial charge in [0.2, 0.25) is 0 Å². The van der Waals surface area contributed by atoms with E-state index in [-0.39, 0.29) is 12.6 Å². The molecule has 0 atom stereocenters. The number of amides is 2. The number of aliphatic hydroxyl groups excluding tert-OH is 1. The Bertz CT molecular complexity index is 467. The van der Waals surface area contributed by atoms with E-state index in [1.807, 2.05) is 19.1 Å². The van der Waals surface area contributed by atoms with E-state index in [0.29, 0.717) is 13.1 Å². The molecule has 1 aliphatic rings. The Labute approximate surface area is 132 Å². The third-order valence-electron chi connectivity index (χ3n) is 4.31. The van der Waals surface area contributed by atoms with Gasteiger partial charge < -0.3 is 20.2 Å². The van der Waals surface area contributed by atoms with Crippen molar-refractivity contribution in [1.29, 1.82) is 0 Å². The van der Waals surface area contributed by atoms with Gasteiger partial charge in [-0.25, -0.2) is 4.79 Å². The second-order valence-corrected chi connectivity index (χ2v) is 5.95. The normalized spacial score (nSPS) is 15.7. The maximum absolute atomic E-state index is 12.0. The molecule has 0 bridgehead atoms. The summed E-state index contributed by atoms with van der Waals surface area (Å²) in [5.41, 5.74) is 2.00. The summed E-state index contributed by atoms with van der Waals surface area (Å²) >= 11 is 0. The van der Waals surface area contributed by atoms with E-state index in [2.05, 4.69) is 29.3 Å². The Balaban J connectivity index is 1.92. The molecule has 1 saturated heterocycles. The lowest BCUT2D eigenvalue weighted by molar-refractivity contribution is 0.192. The number of likely N-dealkylation sites (N-methyl/N-ethyl adjacent to an activating group) is 1. The van der Waals surface area contributed by atoms with Crippen molar-refractivity contribution < 1.29 is 9.90 Å². The summed E-state index contributed by atoms with van der Waals surface area (Å²) < 4.78 is 0. The first-order valence-electron chi connectivity index (χ1n) is 8.15. The molecule has 0 radical (unpaired) electrons. The number of urea groups is 1. The quantitative estimate of drug-likeness (QED) is 0.879. The van der Waals surface area contributed by atoms with Crippen LogP contribution in [0.25, 0.3) is 0 Å². The van der Waals surface area contributed by atoms with Gasteiger partial charge in [-0.3, -0.25) is 0 Å². The van der Waals surface area contributed by atoms with E-state index in [9.17, 15) is 4.79 Å². The molecule has 2 amide bonds. The summed E-state index contributed by atoms with van der Waals surface area (Å²) in [4.78, 5) is 16.0. The van der Waals surface area contributed by atoms with Crippen LogP contribution in [-0.2, 0) is 0 Å². The number of nitrogens with one attached hydrogen (secondary N) is 1. The van der Waals surface area contributed by atoms with Crippen molar-refractivity contribution in [2.45, 2.75) is 26.7 Å². The molecule has 0 aromatic heterocycles. The third-order valence-corrected chi connectivity index (χ3v) is 4.31. The first-order chi connectivity index (χ1) is 10.6. The summed E-state index contributed by atoms with van der Waals surface area (Å²) in [5, 5.41) is 11.8.